The van der Waals surface area contributed by atoms with Crippen LogP contribution in [0.15, 0.2) is 18.2 Å². The predicted octanol–water partition coefficient (Wildman–Crippen LogP) is 0.869. The number of nitrogens with one attached hydrogen (secondary N) is 1. The number of benzene rings is 1. The van der Waals surface area contributed by atoms with Gasteiger partial charge in [-0.05, 0) is 33.2 Å². The first-order valence-electron chi connectivity index (χ1n) is 5.30. The van der Waals surface area contributed by atoms with E-state index in [-0.39, 0.29) is 5.91 Å². The van der Waals surface area contributed by atoms with Crippen molar-refractivity contribution < 1.29 is 4.79 Å². The van der Waals surface area contributed by atoms with Crippen molar-refractivity contribution in [3.63, 3.8) is 0 Å². The molecule has 0 spiro atoms. The lowest BCUT2D eigenvalue weighted by Gasteiger charge is -2.11. The van der Waals surface area contributed by atoms with Gasteiger partial charge in [0.1, 0.15) is 0 Å². The Hall–Kier alpha value is -1.55. The average Bonchev–Trinajstić information content (AvgIpc) is 2.21. The monoisotopic (exact) mass is 221 g/mol. The maximum absolute atomic E-state index is 11.8. The van der Waals surface area contributed by atoms with E-state index in [4.69, 9.17) is 5.73 Å². The minimum absolute atomic E-state index is 0.108. The van der Waals surface area contributed by atoms with Crippen molar-refractivity contribution in [3.05, 3.63) is 29.3 Å². The summed E-state index contributed by atoms with van der Waals surface area (Å²) in [6, 6.07) is 5.46. The van der Waals surface area contributed by atoms with Gasteiger partial charge in [0.2, 0.25) is 0 Å². The summed E-state index contributed by atoms with van der Waals surface area (Å²) in [4.78, 5) is 13.8. The van der Waals surface area contributed by atoms with Crippen molar-refractivity contribution in [2.75, 3.05) is 32.9 Å². The minimum Gasteiger partial charge on any atom is -0.398 e. The number of nitrogen functional groups attached to an aromatic ring is 1. The number of nitrogens with zero attached hydrogens (tertiary/aromatic N) is 1. The van der Waals surface area contributed by atoms with E-state index in [1.54, 1.807) is 12.1 Å². The highest BCUT2D eigenvalue weighted by molar-refractivity contribution is 5.99. The molecule has 3 N–H and O–H groups in total. The van der Waals surface area contributed by atoms with Crippen LogP contribution in [0.4, 0.5) is 5.69 Å². The molecule has 1 amide bonds. The number of amides is 1. The maximum atomic E-state index is 11.8. The van der Waals surface area contributed by atoms with Crippen molar-refractivity contribution in [2.45, 2.75) is 6.92 Å². The summed E-state index contributed by atoms with van der Waals surface area (Å²) in [5.74, 6) is -0.108. The normalized spacial score (nSPS) is 10.5. The molecule has 0 saturated heterocycles. The summed E-state index contributed by atoms with van der Waals surface area (Å²) in [5.41, 5.74) is 7.86. The van der Waals surface area contributed by atoms with Crippen LogP contribution in [-0.2, 0) is 0 Å². The molecule has 0 aliphatic heterocycles. The van der Waals surface area contributed by atoms with Gasteiger partial charge in [-0.3, -0.25) is 4.79 Å². The standard InChI is InChI=1S/C12H19N3O/c1-9-4-5-11(13)10(8-9)12(16)14-6-7-15(2)3/h4-5,8H,6-7,13H2,1-3H3,(H,14,16). The van der Waals surface area contributed by atoms with Gasteiger partial charge in [0.25, 0.3) is 5.91 Å². The topological polar surface area (TPSA) is 58.4 Å². The van der Waals surface area contributed by atoms with Crippen LogP contribution in [-0.4, -0.2) is 38.0 Å². The highest BCUT2D eigenvalue weighted by Gasteiger charge is 2.08. The number of anilines is 1. The Kier molecular flexibility index (Phi) is 4.31. The molecule has 0 aliphatic rings. The first-order chi connectivity index (χ1) is 7.50. The third kappa shape index (κ3) is 3.55. The van der Waals surface area contributed by atoms with Gasteiger partial charge in [-0.15, -0.1) is 0 Å². The SMILES string of the molecule is Cc1ccc(N)c(C(=O)NCCN(C)C)c1. The lowest BCUT2D eigenvalue weighted by atomic mass is 10.1. The van der Waals surface area contributed by atoms with E-state index in [0.717, 1.165) is 12.1 Å². The molecule has 0 radical (unpaired) electrons. The lowest BCUT2D eigenvalue weighted by molar-refractivity contribution is 0.0952. The zero-order valence-corrected chi connectivity index (χ0v) is 10.1. The zero-order valence-electron chi connectivity index (χ0n) is 10.1. The Bertz CT molecular complexity index is 375. The van der Waals surface area contributed by atoms with Crippen LogP contribution in [0.1, 0.15) is 15.9 Å². The summed E-state index contributed by atoms with van der Waals surface area (Å²) in [7, 11) is 3.93. The molecule has 88 valence electrons. The van der Waals surface area contributed by atoms with Crippen LogP contribution in [0.2, 0.25) is 0 Å². The van der Waals surface area contributed by atoms with E-state index in [9.17, 15) is 4.79 Å². The quantitative estimate of drug-likeness (QED) is 0.742. The number of nitrogens with two attached hydrogens (primary N) is 1. The number of hydrogen-bond donors (Lipinski definition) is 2. The minimum atomic E-state index is -0.108. The Morgan fingerprint density at radius 1 is 1.44 bits per heavy atom. The van der Waals surface area contributed by atoms with Crippen LogP contribution in [0, 0.1) is 6.92 Å². The fraction of sp³-hybridized carbons (Fsp3) is 0.417. The molecule has 0 aromatic heterocycles. The van der Waals surface area contributed by atoms with Crippen LogP contribution in [0.3, 0.4) is 0 Å². The highest BCUT2D eigenvalue weighted by Crippen LogP contribution is 2.13. The van der Waals surface area contributed by atoms with Crippen LogP contribution in [0.5, 0.6) is 0 Å². The maximum Gasteiger partial charge on any atom is 0.253 e. The van der Waals surface area contributed by atoms with Crippen molar-refractivity contribution in [2.24, 2.45) is 0 Å². The summed E-state index contributed by atoms with van der Waals surface area (Å²) in [6.07, 6.45) is 0. The third-order valence-electron chi connectivity index (χ3n) is 2.30. The number of rotatable bonds is 4. The lowest BCUT2D eigenvalue weighted by Crippen LogP contribution is -2.31. The molecule has 0 unspecified atom stereocenters. The van der Waals surface area contributed by atoms with E-state index in [0.29, 0.717) is 17.8 Å². The molecule has 0 bridgehead atoms. The summed E-state index contributed by atoms with van der Waals surface area (Å²) in [6.45, 7) is 3.38. The Labute approximate surface area is 96.4 Å². The molecule has 1 rings (SSSR count). The van der Waals surface area contributed by atoms with Gasteiger partial charge in [0.05, 0.1) is 5.56 Å². The van der Waals surface area contributed by atoms with E-state index in [2.05, 4.69) is 5.32 Å². The average molecular weight is 221 g/mol. The number of likely N-dealkylation sites (N-methyl/N-ethyl adjacent to an activating group) is 1. The van der Waals surface area contributed by atoms with Gasteiger partial charge in [0, 0.05) is 18.8 Å². The van der Waals surface area contributed by atoms with E-state index in [1.165, 1.54) is 0 Å². The molecular weight excluding hydrogens is 202 g/mol. The van der Waals surface area contributed by atoms with Crippen LogP contribution < -0.4 is 11.1 Å². The van der Waals surface area contributed by atoms with Crippen molar-refractivity contribution >= 4 is 11.6 Å². The number of hydrogen-bond acceptors (Lipinski definition) is 3. The molecule has 16 heavy (non-hydrogen) atoms. The summed E-state index contributed by atoms with van der Waals surface area (Å²) >= 11 is 0. The summed E-state index contributed by atoms with van der Waals surface area (Å²) in [5, 5.41) is 2.84. The van der Waals surface area contributed by atoms with Crippen molar-refractivity contribution in [1.82, 2.24) is 10.2 Å². The van der Waals surface area contributed by atoms with Gasteiger partial charge < -0.3 is 16.0 Å². The van der Waals surface area contributed by atoms with Gasteiger partial charge in [-0.25, -0.2) is 0 Å². The predicted molar refractivity (Wildman–Crippen MR) is 66.5 cm³/mol. The largest absolute Gasteiger partial charge is 0.398 e. The Morgan fingerprint density at radius 3 is 2.75 bits per heavy atom. The fourth-order valence-electron chi connectivity index (χ4n) is 1.36. The highest BCUT2D eigenvalue weighted by atomic mass is 16.1. The molecule has 0 atom stereocenters. The second-order valence-electron chi connectivity index (χ2n) is 4.15. The molecule has 0 heterocycles. The fourth-order valence-corrected chi connectivity index (χ4v) is 1.36. The Balaban J connectivity index is 2.62. The summed E-state index contributed by atoms with van der Waals surface area (Å²) < 4.78 is 0. The van der Waals surface area contributed by atoms with Gasteiger partial charge in [-0.2, -0.15) is 0 Å². The van der Waals surface area contributed by atoms with Gasteiger partial charge >= 0.3 is 0 Å². The molecule has 0 fully saturated rings. The molecule has 0 saturated carbocycles. The number of aryl methyl sites for hydroxylation is 1. The molecule has 4 nitrogen and oxygen atoms in total. The molecule has 1 aromatic carbocycles. The first kappa shape index (κ1) is 12.5. The van der Waals surface area contributed by atoms with Crippen LogP contribution >= 0.6 is 0 Å². The first-order valence-corrected chi connectivity index (χ1v) is 5.30. The second-order valence-corrected chi connectivity index (χ2v) is 4.15. The van der Waals surface area contributed by atoms with E-state index < -0.39 is 0 Å². The Morgan fingerprint density at radius 2 is 2.12 bits per heavy atom. The molecule has 1 aromatic rings. The molecule has 4 heteroatoms. The van der Waals surface area contributed by atoms with E-state index >= 15 is 0 Å². The third-order valence-corrected chi connectivity index (χ3v) is 2.30. The van der Waals surface area contributed by atoms with Gasteiger partial charge in [0.15, 0.2) is 0 Å². The molecular formula is C12H19N3O. The number of carbonyl (C=O) groups excluding carboxylic acids is 1. The van der Waals surface area contributed by atoms with E-state index in [1.807, 2.05) is 32.0 Å². The number of carbonyl (C=O) groups is 1. The van der Waals surface area contributed by atoms with Crippen molar-refractivity contribution in [1.29, 1.82) is 0 Å². The van der Waals surface area contributed by atoms with Crippen molar-refractivity contribution in [3.8, 4) is 0 Å². The second kappa shape index (κ2) is 5.51. The zero-order chi connectivity index (χ0) is 12.1. The van der Waals surface area contributed by atoms with Crippen LogP contribution in [0.25, 0.3) is 0 Å². The molecule has 0 aliphatic carbocycles. The van der Waals surface area contributed by atoms with Gasteiger partial charge in [-0.1, -0.05) is 11.6 Å². The smallest absolute Gasteiger partial charge is 0.253 e.